The molecule has 126 valence electrons. The number of nitrogens with zero attached hydrogens (tertiary/aromatic N) is 5. The SMILES string of the molecule is CC1=NN(C(=O)Cn2nc3ccccc3n2)C(O)(c2ccccc2)C1. The Morgan fingerprint density at radius 3 is 2.32 bits per heavy atom. The molecule has 0 spiro atoms. The Morgan fingerprint density at radius 1 is 1.08 bits per heavy atom. The second-order valence-electron chi connectivity index (χ2n) is 6.12. The third-order valence-electron chi connectivity index (χ3n) is 4.20. The maximum atomic E-state index is 12.8. The van der Waals surface area contributed by atoms with Crippen molar-refractivity contribution in [2.24, 2.45) is 5.10 Å². The third-order valence-corrected chi connectivity index (χ3v) is 4.20. The molecule has 7 nitrogen and oxygen atoms in total. The number of rotatable bonds is 3. The highest BCUT2D eigenvalue weighted by Crippen LogP contribution is 2.35. The topological polar surface area (TPSA) is 83.6 Å². The van der Waals surface area contributed by atoms with E-state index in [1.165, 1.54) is 4.80 Å². The molecule has 0 bridgehead atoms. The molecule has 1 N–H and O–H groups in total. The van der Waals surface area contributed by atoms with Crippen molar-refractivity contribution in [2.45, 2.75) is 25.6 Å². The van der Waals surface area contributed by atoms with Gasteiger partial charge in [0.25, 0.3) is 5.91 Å². The summed E-state index contributed by atoms with van der Waals surface area (Å²) >= 11 is 0. The summed E-state index contributed by atoms with van der Waals surface area (Å²) in [5, 5.41) is 25.1. The molecule has 1 aliphatic heterocycles. The molecule has 4 rings (SSSR count). The summed E-state index contributed by atoms with van der Waals surface area (Å²) < 4.78 is 0. The summed E-state index contributed by atoms with van der Waals surface area (Å²) in [6, 6.07) is 16.5. The monoisotopic (exact) mass is 335 g/mol. The number of amides is 1. The first-order valence-electron chi connectivity index (χ1n) is 8.01. The lowest BCUT2D eigenvalue weighted by Gasteiger charge is -2.31. The smallest absolute Gasteiger partial charge is 0.269 e. The minimum atomic E-state index is -1.48. The van der Waals surface area contributed by atoms with Crippen LogP contribution in [0.3, 0.4) is 0 Å². The Kier molecular flexibility index (Phi) is 3.58. The number of hydrogen-bond donors (Lipinski definition) is 1. The molecular formula is C18H17N5O2. The van der Waals surface area contributed by atoms with E-state index in [0.717, 1.165) is 16.0 Å². The highest BCUT2D eigenvalue weighted by Gasteiger charge is 2.44. The Morgan fingerprint density at radius 2 is 1.68 bits per heavy atom. The quantitative estimate of drug-likeness (QED) is 0.792. The van der Waals surface area contributed by atoms with Gasteiger partial charge in [-0.2, -0.15) is 25.1 Å². The fourth-order valence-electron chi connectivity index (χ4n) is 3.07. The number of hydrazone groups is 1. The van der Waals surface area contributed by atoms with E-state index in [1.807, 2.05) is 42.5 Å². The van der Waals surface area contributed by atoms with E-state index in [9.17, 15) is 9.90 Å². The molecule has 2 aromatic carbocycles. The van der Waals surface area contributed by atoms with E-state index >= 15 is 0 Å². The Balaban J connectivity index is 1.63. The first-order chi connectivity index (χ1) is 12.1. The molecule has 2 heterocycles. The van der Waals surface area contributed by atoms with Crippen molar-refractivity contribution in [3.63, 3.8) is 0 Å². The van der Waals surface area contributed by atoms with Crippen LogP contribution in [0.25, 0.3) is 11.0 Å². The maximum absolute atomic E-state index is 12.8. The molecule has 0 fully saturated rings. The summed E-state index contributed by atoms with van der Waals surface area (Å²) in [6.07, 6.45) is 0.275. The summed E-state index contributed by atoms with van der Waals surface area (Å²) in [7, 11) is 0. The molecule has 0 saturated carbocycles. The van der Waals surface area contributed by atoms with Crippen LogP contribution in [0.2, 0.25) is 0 Å². The van der Waals surface area contributed by atoms with E-state index < -0.39 is 5.72 Å². The summed E-state index contributed by atoms with van der Waals surface area (Å²) in [4.78, 5) is 14.1. The van der Waals surface area contributed by atoms with Crippen LogP contribution in [0.4, 0.5) is 0 Å². The van der Waals surface area contributed by atoms with E-state index in [-0.39, 0.29) is 18.9 Å². The van der Waals surface area contributed by atoms with Crippen molar-refractivity contribution in [1.82, 2.24) is 20.0 Å². The standard InChI is InChI=1S/C18H17N5O2/c1-13-11-18(25,14-7-3-2-4-8-14)23(19-13)17(24)12-22-20-15-9-5-6-10-16(15)21-22/h2-10,25H,11-12H2,1H3. The minimum Gasteiger partial charge on any atom is -0.365 e. The van der Waals surface area contributed by atoms with Gasteiger partial charge in [0, 0.05) is 17.7 Å². The zero-order valence-electron chi connectivity index (χ0n) is 13.7. The first-order valence-corrected chi connectivity index (χ1v) is 8.01. The highest BCUT2D eigenvalue weighted by molar-refractivity contribution is 5.89. The molecular weight excluding hydrogens is 318 g/mol. The van der Waals surface area contributed by atoms with Gasteiger partial charge in [0.15, 0.2) is 5.72 Å². The first kappa shape index (κ1) is 15.5. The lowest BCUT2D eigenvalue weighted by atomic mass is 9.98. The van der Waals surface area contributed by atoms with Crippen LogP contribution >= 0.6 is 0 Å². The molecule has 0 saturated heterocycles. The Hall–Kier alpha value is -3.06. The molecule has 1 amide bonds. The van der Waals surface area contributed by atoms with Gasteiger partial charge in [-0.25, -0.2) is 0 Å². The van der Waals surface area contributed by atoms with E-state index in [2.05, 4.69) is 15.3 Å². The van der Waals surface area contributed by atoms with Crippen LogP contribution in [0, 0.1) is 0 Å². The Labute approximate surface area is 144 Å². The highest BCUT2D eigenvalue weighted by atomic mass is 16.3. The van der Waals surface area contributed by atoms with Crippen LogP contribution in [-0.2, 0) is 17.1 Å². The van der Waals surface area contributed by atoms with Crippen LogP contribution in [-0.4, -0.2) is 36.7 Å². The van der Waals surface area contributed by atoms with Gasteiger partial charge in [-0.3, -0.25) is 4.79 Å². The predicted octanol–water partition coefficient (Wildman–Crippen LogP) is 1.88. The van der Waals surface area contributed by atoms with E-state index in [0.29, 0.717) is 11.3 Å². The number of benzene rings is 2. The van der Waals surface area contributed by atoms with Gasteiger partial charge in [-0.1, -0.05) is 42.5 Å². The molecule has 1 unspecified atom stereocenters. The zero-order chi connectivity index (χ0) is 17.4. The summed E-state index contributed by atoms with van der Waals surface area (Å²) in [5.74, 6) is -0.372. The molecule has 1 aliphatic rings. The normalized spacial score (nSPS) is 20.1. The number of hydrogen-bond acceptors (Lipinski definition) is 5. The molecule has 1 atom stereocenters. The van der Waals surface area contributed by atoms with Crippen molar-refractivity contribution in [3.8, 4) is 0 Å². The second-order valence-corrected chi connectivity index (χ2v) is 6.12. The van der Waals surface area contributed by atoms with Gasteiger partial charge in [0.1, 0.15) is 17.6 Å². The van der Waals surface area contributed by atoms with Gasteiger partial charge < -0.3 is 5.11 Å². The molecule has 25 heavy (non-hydrogen) atoms. The largest absolute Gasteiger partial charge is 0.365 e. The molecule has 3 aromatic rings. The summed E-state index contributed by atoms with van der Waals surface area (Å²) in [5.41, 5.74) is 1.28. The van der Waals surface area contributed by atoms with Crippen molar-refractivity contribution in [1.29, 1.82) is 0 Å². The number of aromatic nitrogens is 3. The number of aliphatic hydroxyl groups is 1. The third kappa shape index (κ3) is 2.68. The van der Waals surface area contributed by atoms with Crippen molar-refractivity contribution >= 4 is 22.7 Å². The van der Waals surface area contributed by atoms with Crippen LogP contribution in [0.1, 0.15) is 18.9 Å². The second kappa shape index (κ2) is 5.78. The van der Waals surface area contributed by atoms with Crippen molar-refractivity contribution < 1.29 is 9.90 Å². The lowest BCUT2D eigenvalue weighted by Crippen LogP contribution is -2.45. The van der Waals surface area contributed by atoms with Crippen molar-refractivity contribution in [3.05, 3.63) is 60.2 Å². The molecule has 1 aromatic heterocycles. The average molecular weight is 335 g/mol. The Bertz CT molecular complexity index is 933. The number of carbonyl (C=O) groups excluding carboxylic acids is 1. The zero-order valence-corrected chi connectivity index (χ0v) is 13.7. The average Bonchev–Trinajstić information content (AvgIpc) is 3.16. The van der Waals surface area contributed by atoms with Gasteiger partial charge in [0.2, 0.25) is 0 Å². The van der Waals surface area contributed by atoms with E-state index in [1.54, 1.807) is 19.1 Å². The fraction of sp³-hybridized carbons (Fsp3) is 0.222. The number of carbonyl (C=O) groups is 1. The van der Waals surface area contributed by atoms with E-state index in [4.69, 9.17) is 0 Å². The lowest BCUT2D eigenvalue weighted by molar-refractivity contribution is -0.158. The van der Waals surface area contributed by atoms with Crippen molar-refractivity contribution in [2.75, 3.05) is 0 Å². The van der Waals surface area contributed by atoms with Crippen LogP contribution in [0.5, 0.6) is 0 Å². The minimum absolute atomic E-state index is 0.0966. The number of fused-ring (bicyclic) bond motifs is 1. The molecule has 0 aliphatic carbocycles. The molecule has 0 radical (unpaired) electrons. The van der Waals surface area contributed by atoms with Gasteiger partial charge >= 0.3 is 0 Å². The molecule has 7 heteroatoms. The van der Waals surface area contributed by atoms with Gasteiger partial charge in [-0.15, -0.1) is 0 Å². The van der Waals surface area contributed by atoms with Gasteiger partial charge in [0.05, 0.1) is 0 Å². The fourth-order valence-corrected chi connectivity index (χ4v) is 3.07. The predicted molar refractivity (Wildman–Crippen MR) is 92.4 cm³/mol. The summed E-state index contributed by atoms with van der Waals surface area (Å²) in [6.45, 7) is 1.70. The van der Waals surface area contributed by atoms with Crippen LogP contribution in [0.15, 0.2) is 59.7 Å². The van der Waals surface area contributed by atoms with Gasteiger partial charge in [-0.05, 0) is 19.1 Å². The maximum Gasteiger partial charge on any atom is 0.269 e. The van der Waals surface area contributed by atoms with Crippen LogP contribution < -0.4 is 0 Å².